The maximum absolute atomic E-state index is 12.8. The molecule has 8 nitrogen and oxygen atoms in total. The van der Waals surface area contributed by atoms with Crippen molar-refractivity contribution in [1.82, 2.24) is 9.73 Å². The van der Waals surface area contributed by atoms with E-state index in [0.717, 1.165) is 15.1 Å². The molecule has 9 heteroatoms. The molecule has 1 N–H and O–H groups in total. The van der Waals surface area contributed by atoms with Crippen molar-refractivity contribution in [1.29, 1.82) is 0 Å². The van der Waals surface area contributed by atoms with E-state index in [1.807, 2.05) is 24.3 Å². The van der Waals surface area contributed by atoms with Gasteiger partial charge in [-0.3, -0.25) is 4.79 Å². The summed E-state index contributed by atoms with van der Waals surface area (Å²) in [6, 6.07) is 17.6. The first-order valence-electron chi connectivity index (χ1n) is 9.35. The van der Waals surface area contributed by atoms with Crippen molar-refractivity contribution in [3.05, 3.63) is 66.2 Å². The molecular formula is C22H23N3O5S. The second-order valence-electron chi connectivity index (χ2n) is 6.65. The van der Waals surface area contributed by atoms with Crippen molar-refractivity contribution in [2.24, 2.45) is 5.10 Å². The van der Waals surface area contributed by atoms with Gasteiger partial charge in [0.25, 0.3) is 5.91 Å². The van der Waals surface area contributed by atoms with Gasteiger partial charge in [-0.2, -0.15) is 9.41 Å². The molecule has 0 bridgehead atoms. The van der Waals surface area contributed by atoms with Crippen LogP contribution in [0.3, 0.4) is 0 Å². The SMILES string of the molecule is COc1cccc(C=NNC(=O)CN(C)S(=O)(=O)c2ccc3ccccc3c2)c1OC. The second-order valence-corrected chi connectivity index (χ2v) is 8.69. The van der Waals surface area contributed by atoms with Crippen molar-refractivity contribution >= 4 is 32.9 Å². The summed E-state index contributed by atoms with van der Waals surface area (Å²) >= 11 is 0. The van der Waals surface area contributed by atoms with Gasteiger partial charge < -0.3 is 9.47 Å². The van der Waals surface area contributed by atoms with Crippen LogP contribution in [0.2, 0.25) is 0 Å². The number of para-hydroxylation sites is 1. The zero-order valence-electron chi connectivity index (χ0n) is 17.4. The molecule has 0 saturated carbocycles. The van der Waals surface area contributed by atoms with Crippen LogP contribution in [0.4, 0.5) is 0 Å². The van der Waals surface area contributed by atoms with Gasteiger partial charge in [0, 0.05) is 12.6 Å². The van der Waals surface area contributed by atoms with E-state index >= 15 is 0 Å². The number of nitrogens with zero attached hydrogens (tertiary/aromatic N) is 2. The number of hydrazone groups is 1. The monoisotopic (exact) mass is 441 g/mol. The number of carbonyl (C=O) groups excluding carboxylic acids is 1. The van der Waals surface area contributed by atoms with Crippen LogP contribution in [-0.2, 0) is 14.8 Å². The Labute approximate surface area is 181 Å². The number of ether oxygens (including phenoxy) is 2. The Bertz CT molecular complexity index is 1220. The summed E-state index contributed by atoms with van der Waals surface area (Å²) in [5, 5.41) is 5.63. The molecule has 162 valence electrons. The first-order chi connectivity index (χ1) is 14.9. The molecule has 0 saturated heterocycles. The first-order valence-corrected chi connectivity index (χ1v) is 10.8. The van der Waals surface area contributed by atoms with E-state index in [2.05, 4.69) is 10.5 Å². The number of rotatable bonds is 8. The smallest absolute Gasteiger partial charge is 0.255 e. The van der Waals surface area contributed by atoms with Crippen molar-refractivity contribution in [3.63, 3.8) is 0 Å². The predicted octanol–water partition coefficient (Wildman–Crippen LogP) is 2.63. The highest BCUT2D eigenvalue weighted by Crippen LogP contribution is 2.29. The number of likely N-dealkylation sites (N-methyl/N-ethyl adjacent to an activating group) is 1. The zero-order chi connectivity index (χ0) is 22.4. The van der Waals surface area contributed by atoms with Crippen LogP contribution in [0.1, 0.15) is 5.56 Å². The van der Waals surface area contributed by atoms with Crippen molar-refractivity contribution in [2.45, 2.75) is 4.90 Å². The zero-order valence-corrected chi connectivity index (χ0v) is 18.2. The van der Waals surface area contributed by atoms with Crippen LogP contribution in [0.25, 0.3) is 10.8 Å². The Kier molecular flexibility index (Phi) is 6.88. The lowest BCUT2D eigenvalue weighted by atomic mass is 10.1. The number of hydrogen-bond donors (Lipinski definition) is 1. The minimum absolute atomic E-state index is 0.117. The lowest BCUT2D eigenvalue weighted by Gasteiger charge is -2.16. The summed E-state index contributed by atoms with van der Waals surface area (Å²) in [5.41, 5.74) is 2.93. The average molecular weight is 442 g/mol. The molecule has 0 atom stereocenters. The molecule has 0 heterocycles. The number of benzene rings is 3. The molecule has 3 aromatic carbocycles. The molecular weight excluding hydrogens is 418 g/mol. The highest BCUT2D eigenvalue weighted by molar-refractivity contribution is 7.89. The van der Waals surface area contributed by atoms with E-state index in [-0.39, 0.29) is 11.4 Å². The van der Waals surface area contributed by atoms with Crippen LogP contribution in [-0.4, -0.2) is 52.7 Å². The summed E-state index contributed by atoms with van der Waals surface area (Å²) in [6.45, 7) is -0.387. The van der Waals surface area contributed by atoms with Crippen LogP contribution < -0.4 is 14.9 Å². The molecule has 31 heavy (non-hydrogen) atoms. The fourth-order valence-electron chi connectivity index (χ4n) is 3.02. The number of nitrogens with one attached hydrogen (secondary N) is 1. The van der Waals surface area contributed by atoms with Gasteiger partial charge in [-0.15, -0.1) is 0 Å². The fourth-order valence-corrected chi connectivity index (χ4v) is 4.18. The Morgan fingerprint density at radius 2 is 1.77 bits per heavy atom. The van der Waals surface area contributed by atoms with E-state index in [4.69, 9.17) is 9.47 Å². The Hall–Kier alpha value is -3.43. The number of hydrogen-bond acceptors (Lipinski definition) is 6. The molecule has 3 rings (SSSR count). The van der Waals surface area contributed by atoms with Crippen LogP contribution in [0, 0.1) is 0 Å². The summed E-state index contributed by atoms with van der Waals surface area (Å²) in [5.74, 6) is 0.419. The molecule has 0 radical (unpaired) electrons. The van der Waals surface area contributed by atoms with Crippen LogP contribution >= 0.6 is 0 Å². The van der Waals surface area contributed by atoms with Gasteiger partial charge in [-0.1, -0.05) is 36.4 Å². The lowest BCUT2D eigenvalue weighted by Crippen LogP contribution is -2.36. The predicted molar refractivity (Wildman–Crippen MR) is 119 cm³/mol. The molecule has 0 aliphatic carbocycles. The maximum atomic E-state index is 12.8. The normalized spacial score (nSPS) is 11.7. The molecule has 0 unspecified atom stereocenters. The third-order valence-electron chi connectivity index (χ3n) is 4.62. The van der Waals surface area contributed by atoms with Crippen molar-refractivity contribution in [2.75, 3.05) is 27.8 Å². The summed E-state index contributed by atoms with van der Waals surface area (Å²) in [4.78, 5) is 12.3. The van der Waals surface area contributed by atoms with Crippen molar-refractivity contribution in [3.8, 4) is 11.5 Å². The standard InChI is InChI=1S/C22H23N3O5S/c1-25(31(27,28)19-12-11-16-7-4-5-8-17(16)13-19)15-21(26)24-23-14-18-9-6-10-20(29-2)22(18)30-3/h4-14H,15H2,1-3H3,(H,24,26). The van der Waals surface area contributed by atoms with Crippen LogP contribution in [0.5, 0.6) is 11.5 Å². The van der Waals surface area contributed by atoms with Gasteiger partial charge >= 0.3 is 0 Å². The molecule has 0 aliphatic heterocycles. The second kappa shape index (κ2) is 9.59. The van der Waals surface area contributed by atoms with Gasteiger partial charge in [-0.05, 0) is 35.0 Å². The number of sulfonamides is 1. The number of carbonyl (C=O) groups is 1. The molecule has 3 aromatic rings. The van der Waals surface area contributed by atoms with Gasteiger partial charge in [0.2, 0.25) is 10.0 Å². The van der Waals surface area contributed by atoms with Gasteiger partial charge in [-0.25, -0.2) is 13.8 Å². The van der Waals surface area contributed by atoms with E-state index in [9.17, 15) is 13.2 Å². The summed E-state index contributed by atoms with van der Waals surface area (Å²) < 4.78 is 37.2. The Morgan fingerprint density at radius 1 is 1.03 bits per heavy atom. The van der Waals surface area contributed by atoms with E-state index in [0.29, 0.717) is 17.1 Å². The minimum atomic E-state index is -3.84. The highest BCUT2D eigenvalue weighted by Gasteiger charge is 2.23. The van der Waals surface area contributed by atoms with Gasteiger partial charge in [0.05, 0.1) is 31.9 Å². The molecule has 0 aromatic heterocycles. The van der Waals surface area contributed by atoms with E-state index in [1.165, 1.54) is 33.5 Å². The minimum Gasteiger partial charge on any atom is -0.493 e. The maximum Gasteiger partial charge on any atom is 0.255 e. The van der Waals surface area contributed by atoms with Gasteiger partial charge in [0.1, 0.15) is 0 Å². The molecule has 0 spiro atoms. The topological polar surface area (TPSA) is 97.3 Å². The molecule has 0 aliphatic rings. The van der Waals surface area contributed by atoms with Gasteiger partial charge in [0.15, 0.2) is 11.5 Å². The van der Waals surface area contributed by atoms with E-state index < -0.39 is 15.9 Å². The summed E-state index contributed by atoms with van der Waals surface area (Å²) in [7, 11) is 0.528. The van der Waals surface area contributed by atoms with Crippen LogP contribution in [0.15, 0.2) is 70.7 Å². The average Bonchev–Trinajstić information content (AvgIpc) is 2.78. The lowest BCUT2D eigenvalue weighted by molar-refractivity contribution is -0.121. The summed E-state index contributed by atoms with van der Waals surface area (Å²) in [6.07, 6.45) is 1.40. The number of amides is 1. The van der Waals surface area contributed by atoms with Crippen molar-refractivity contribution < 1.29 is 22.7 Å². The third kappa shape index (κ3) is 5.01. The largest absolute Gasteiger partial charge is 0.493 e. The molecule has 0 fully saturated rings. The first kappa shape index (κ1) is 22.3. The quantitative estimate of drug-likeness (QED) is 0.428. The highest BCUT2D eigenvalue weighted by atomic mass is 32.2. The Balaban J connectivity index is 1.68. The Morgan fingerprint density at radius 3 is 2.48 bits per heavy atom. The van der Waals surface area contributed by atoms with E-state index in [1.54, 1.807) is 30.3 Å². The molecule has 1 amide bonds. The third-order valence-corrected chi connectivity index (χ3v) is 6.42. The number of methoxy groups -OCH3 is 2. The fraction of sp³-hybridized carbons (Fsp3) is 0.182. The number of fused-ring (bicyclic) bond motifs is 1.